The lowest BCUT2D eigenvalue weighted by Crippen LogP contribution is -2.44. The minimum absolute atomic E-state index is 0.125. The van der Waals surface area contributed by atoms with E-state index >= 15 is 0 Å². The van der Waals surface area contributed by atoms with E-state index in [4.69, 9.17) is 4.74 Å². The molecule has 2 rings (SSSR count). The molecule has 2 saturated heterocycles. The van der Waals surface area contributed by atoms with Crippen LogP contribution >= 0.6 is 11.8 Å². The molecule has 2 fully saturated rings. The van der Waals surface area contributed by atoms with Crippen molar-refractivity contribution in [3.8, 4) is 6.07 Å². The lowest BCUT2D eigenvalue weighted by Gasteiger charge is -2.37. The van der Waals surface area contributed by atoms with Gasteiger partial charge in [0, 0.05) is 19.6 Å². The van der Waals surface area contributed by atoms with Crippen LogP contribution in [0.25, 0.3) is 0 Å². The zero-order valence-corrected chi connectivity index (χ0v) is 11.6. The van der Waals surface area contributed by atoms with Crippen LogP contribution in [0.1, 0.15) is 32.6 Å². The highest BCUT2D eigenvalue weighted by molar-refractivity contribution is 8.00. The minimum Gasteiger partial charge on any atom is -0.374 e. The third-order valence-corrected chi connectivity index (χ3v) is 5.32. The van der Waals surface area contributed by atoms with Crippen LogP contribution in [0.15, 0.2) is 0 Å². The van der Waals surface area contributed by atoms with Gasteiger partial charge in [0.25, 0.3) is 0 Å². The monoisotopic (exact) mass is 254 g/mol. The van der Waals surface area contributed by atoms with Gasteiger partial charge in [-0.2, -0.15) is 5.26 Å². The van der Waals surface area contributed by atoms with Gasteiger partial charge in [-0.1, -0.05) is 0 Å². The fraction of sp³-hybridized carbons (Fsp3) is 0.923. The van der Waals surface area contributed by atoms with E-state index < -0.39 is 0 Å². The number of likely N-dealkylation sites (tertiary alicyclic amines) is 1. The summed E-state index contributed by atoms with van der Waals surface area (Å²) in [5.41, 5.74) is 0. The van der Waals surface area contributed by atoms with E-state index in [-0.39, 0.29) is 4.75 Å². The van der Waals surface area contributed by atoms with Gasteiger partial charge in [-0.05, 0) is 38.9 Å². The number of piperidine rings is 1. The summed E-state index contributed by atoms with van der Waals surface area (Å²) < 4.78 is 5.73. The quantitative estimate of drug-likeness (QED) is 0.774. The summed E-state index contributed by atoms with van der Waals surface area (Å²) in [6.45, 7) is 5.30. The number of ether oxygens (including phenoxy) is 1. The van der Waals surface area contributed by atoms with Gasteiger partial charge in [0.2, 0.25) is 0 Å². The third-order valence-electron chi connectivity index (χ3n) is 4.04. The molecule has 0 aromatic heterocycles. The second-order valence-electron chi connectivity index (χ2n) is 5.26. The molecule has 0 aromatic rings. The summed E-state index contributed by atoms with van der Waals surface area (Å²) in [6, 6.07) is 2.49. The van der Waals surface area contributed by atoms with Gasteiger partial charge in [0.1, 0.15) is 4.75 Å². The van der Waals surface area contributed by atoms with E-state index in [1.54, 1.807) is 11.8 Å². The maximum Gasteiger partial charge on any atom is 0.104 e. The third kappa shape index (κ3) is 3.15. The fourth-order valence-corrected chi connectivity index (χ4v) is 3.45. The van der Waals surface area contributed by atoms with E-state index in [0.29, 0.717) is 12.2 Å². The van der Waals surface area contributed by atoms with Crippen LogP contribution in [-0.2, 0) is 4.74 Å². The Labute approximate surface area is 108 Å². The molecule has 0 aliphatic carbocycles. The summed E-state index contributed by atoms with van der Waals surface area (Å²) >= 11 is 1.72. The second kappa shape index (κ2) is 5.60. The van der Waals surface area contributed by atoms with Gasteiger partial charge < -0.3 is 9.64 Å². The fourth-order valence-electron chi connectivity index (χ4n) is 2.77. The van der Waals surface area contributed by atoms with Crippen molar-refractivity contribution in [1.82, 2.24) is 4.90 Å². The van der Waals surface area contributed by atoms with E-state index in [1.165, 1.54) is 12.8 Å². The summed E-state index contributed by atoms with van der Waals surface area (Å²) in [5, 5.41) is 9.23. The number of hydrogen-bond donors (Lipinski definition) is 0. The molecular formula is C13H22N2OS. The first-order valence-electron chi connectivity index (χ1n) is 6.52. The highest BCUT2D eigenvalue weighted by Gasteiger charge is 2.35. The molecule has 17 heavy (non-hydrogen) atoms. The lowest BCUT2D eigenvalue weighted by molar-refractivity contribution is 0.0267. The molecule has 4 heteroatoms. The zero-order valence-electron chi connectivity index (χ0n) is 10.8. The highest BCUT2D eigenvalue weighted by Crippen LogP contribution is 2.34. The van der Waals surface area contributed by atoms with Crippen LogP contribution in [0, 0.1) is 11.3 Å². The molecular weight excluding hydrogens is 232 g/mol. The standard InChI is InChI=1S/C13H22N2OS/c1-11-3-4-12(16-11)9-15-7-5-13(10-14,17-2)6-8-15/h11-12H,3-9H2,1-2H3. The summed E-state index contributed by atoms with van der Waals surface area (Å²) in [7, 11) is 0. The average Bonchev–Trinajstić information content (AvgIpc) is 2.76. The predicted molar refractivity (Wildman–Crippen MR) is 71.1 cm³/mol. The predicted octanol–water partition coefficient (Wildman–Crippen LogP) is 2.28. The van der Waals surface area contributed by atoms with Gasteiger partial charge in [0.15, 0.2) is 0 Å². The van der Waals surface area contributed by atoms with Crippen LogP contribution in [0.5, 0.6) is 0 Å². The Kier molecular flexibility index (Phi) is 4.35. The molecule has 2 atom stereocenters. The van der Waals surface area contributed by atoms with Gasteiger partial charge in [-0.3, -0.25) is 0 Å². The van der Waals surface area contributed by atoms with Crippen molar-refractivity contribution in [2.75, 3.05) is 25.9 Å². The Morgan fingerprint density at radius 3 is 2.59 bits per heavy atom. The van der Waals surface area contributed by atoms with E-state index in [9.17, 15) is 5.26 Å². The molecule has 0 radical (unpaired) electrons. The maximum absolute atomic E-state index is 9.23. The van der Waals surface area contributed by atoms with Crippen molar-refractivity contribution >= 4 is 11.8 Å². The van der Waals surface area contributed by atoms with Crippen LogP contribution in [0.4, 0.5) is 0 Å². The van der Waals surface area contributed by atoms with Crippen LogP contribution in [0.3, 0.4) is 0 Å². The SMILES string of the molecule is CSC1(C#N)CCN(CC2CCC(C)O2)CC1. The Hall–Kier alpha value is -0.240. The van der Waals surface area contributed by atoms with E-state index in [0.717, 1.165) is 32.5 Å². The molecule has 0 spiro atoms. The highest BCUT2D eigenvalue weighted by atomic mass is 32.2. The molecule has 96 valence electrons. The smallest absolute Gasteiger partial charge is 0.104 e. The Balaban J connectivity index is 1.78. The normalized spacial score (nSPS) is 33.5. The Morgan fingerprint density at radius 2 is 2.12 bits per heavy atom. The number of thioether (sulfide) groups is 1. The van der Waals surface area contributed by atoms with Gasteiger partial charge in [0.05, 0.1) is 18.3 Å². The van der Waals surface area contributed by atoms with Crippen molar-refractivity contribution in [3.63, 3.8) is 0 Å². The summed E-state index contributed by atoms with van der Waals surface area (Å²) in [6.07, 6.45) is 7.30. The first-order valence-corrected chi connectivity index (χ1v) is 7.74. The molecule has 0 saturated carbocycles. The van der Waals surface area contributed by atoms with Gasteiger partial charge in [-0.25, -0.2) is 0 Å². The van der Waals surface area contributed by atoms with E-state index in [2.05, 4.69) is 24.1 Å². The zero-order chi connectivity index (χ0) is 12.3. The number of nitrogens with zero attached hydrogens (tertiary/aromatic N) is 2. The summed E-state index contributed by atoms with van der Waals surface area (Å²) in [5.74, 6) is 0. The molecule has 2 unspecified atom stereocenters. The van der Waals surface area contributed by atoms with Crippen molar-refractivity contribution in [3.05, 3.63) is 0 Å². The number of hydrogen-bond acceptors (Lipinski definition) is 4. The topological polar surface area (TPSA) is 36.3 Å². The Morgan fingerprint density at radius 1 is 1.41 bits per heavy atom. The summed E-state index contributed by atoms with van der Waals surface area (Å²) in [4.78, 5) is 2.47. The molecule has 2 aliphatic rings. The maximum atomic E-state index is 9.23. The first kappa shape index (κ1) is 13.2. The van der Waals surface area contributed by atoms with Crippen LogP contribution in [0.2, 0.25) is 0 Å². The number of nitriles is 1. The first-order chi connectivity index (χ1) is 8.17. The van der Waals surface area contributed by atoms with Gasteiger partial charge >= 0.3 is 0 Å². The largest absolute Gasteiger partial charge is 0.374 e. The van der Waals surface area contributed by atoms with Crippen molar-refractivity contribution in [2.45, 2.75) is 49.6 Å². The van der Waals surface area contributed by atoms with Crippen LogP contribution < -0.4 is 0 Å². The Bertz CT molecular complexity index is 294. The average molecular weight is 254 g/mol. The van der Waals surface area contributed by atoms with Crippen molar-refractivity contribution < 1.29 is 4.74 Å². The van der Waals surface area contributed by atoms with Crippen molar-refractivity contribution in [1.29, 1.82) is 5.26 Å². The van der Waals surface area contributed by atoms with Crippen molar-refractivity contribution in [2.24, 2.45) is 0 Å². The molecule has 0 bridgehead atoms. The minimum atomic E-state index is -0.125. The molecule has 2 aliphatic heterocycles. The molecule has 0 amide bonds. The molecule has 2 heterocycles. The molecule has 0 N–H and O–H groups in total. The second-order valence-corrected chi connectivity index (χ2v) is 6.45. The van der Waals surface area contributed by atoms with Crippen LogP contribution in [-0.4, -0.2) is 47.7 Å². The lowest BCUT2D eigenvalue weighted by atomic mass is 9.97. The molecule has 3 nitrogen and oxygen atoms in total. The van der Waals surface area contributed by atoms with E-state index in [1.807, 2.05) is 0 Å². The van der Waals surface area contributed by atoms with Gasteiger partial charge in [-0.15, -0.1) is 11.8 Å². The number of rotatable bonds is 3. The molecule has 0 aromatic carbocycles.